The summed E-state index contributed by atoms with van der Waals surface area (Å²) < 4.78 is 18.5. The molecule has 2 rings (SSSR count). The fourth-order valence-corrected chi connectivity index (χ4v) is 2.04. The van der Waals surface area contributed by atoms with Crippen molar-refractivity contribution in [2.24, 2.45) is 5.16 Å². The number of benzene rings is 2. The zero-order chi connectivity index (χ0) is 18.9. The third kappa shape index (κ3) is 5.75. The summed E-state index contributed by atoms with van der Waals surface area (Å²) >= 11 is 5.86. The van der Waals surface area contributed by atoms with E-state index < -0.39 is 24.2 Å². The van der Waals surface area contributed by atoms with E-state index in [0.717, 1.165) is 6.21 Å². The van der Waals surface area contributed by atoms with E-state index in [4.69, 9.17) is 21.2 Å². The van der Waals surface area contributed by atoms with Crippen LogP contribution >= 0.6 is 11.6 Å². The normalized spacial score (nSPS) is 10.4. The van der Waals surface area contributed by atoms with Gasteiger partial charge in [0.05, 0.1) is 18.5 Å². The summed E-state index contributed by atoms with van der Waals surface area (Å²) in [4.78, 5) is 28.1. The van der Waals surface area contributed by atoms with Crippen LogP contribution in [0.25, 0.3) is 0 Å². The summed E-state index contributed by atoms with van der Waals surface area (Å²) in [6.45, 7) is -0.487. The molecule has 26 heavy (non-hydrogen) atoms. The molecule has 0 saturated carbocycles. The predicted molar refractivity (Wildman–Crippen MR) is 96.1 cm³/mol. The van der Waals surface area contributed by atoms with Crippen LogP contribution in [0.2, 0.25) is 5.02 Å². The highest BCUT2D eigenvalue weighted by atomic mass is 35.5. The van der Waals surface area contributed by atoms with E-state index in [9.17, 15) is 14.0 Å². The molecular formula is C17H15ClFN3O4. The van der Waals surface area contributed by atoms with Crippen molar-refractivity contribution in [1.82, 2.24) is 0 Å². The lowest BCUT2D eigenvalue weighted by molar-refractivity contribution is -0.120. The average Bonchev–Trinajstić information content (AvgIpc) is 2.61. The van der Waals surface area contributed by atoms with E-state index in [-0.39, 0.29) is 5.69 Å². The van der Waals surface area contributed by atoms with E-state index >= 15 is 0 Å². The number of nitrogens with one attached hydrogen (secondary N) is 2. The van der Waals surface area contributed by atoms with Crippen molar-refractivity contribution < 1.29 is 23.6 Å². The fourth-order valence-electron chi connectivity index (χ4n) is 1.87. The Kier molecular flexibility index (Phi) is 6.92. The van der Waals surface area contributed by atoms with Gasteiger partial charge in [-0.25, -0.2) is 4.39 Å². The Balaban J connectivity index is 1.81. The molecule has 0 radical (unpaired) electrons. The van der Waals surface area contributed by atoms with E-state index in [2.05, 4.69) is 15.8 Å². The molecule has 0 heterocycles. The molecule has 0 spiro atoms. The van der Waals surface area contributed by atoms with Crippen LogP contribution < -0.4 is 15.4 Å². The van der Waals surface area contributed by atoms with Crippen LogP contribution in [0, 0.1) is 5.82 Å². The first-order chi connectivity index (χ1) is 12.5. The summed E-state index contributed by atoms with van der Waals surface area (Å²) in [5.74, 6) is -1.38. The molecule has 0 bridgehead atoms. The van der Waals surface area contributed by atoms with Crippen molar-refractivity contribution in [2.45, 2.75) is 0 Å². The number of carbonyl (C=O) groups excluding carboxylic acids is 2. The highest BCUT2D eigenvalue weighted by Crippen LogP contribution is 2.27. The van der Waals surface area contributed by atoms with Gasteiger partial charge in [0.15, 0.2) is 6.61 Å². The van der Waals surface area contributed by atoms with E-state index in [1.165, 1.54) is 31.4 Å². The molecule has 2 N–H and O–H groups in total. The third-order valence-electron chi connectivity index (χ3n) is 3.01. The number of oxime groups is 1. The lowest BCUT2D eigenvalue weighted by atomic mass is 10.3. The molecular weight excluding hydrogens is 365 g/mol. The first-order valence-electron chi connectivity index (χ1n) is 7.34. The SMILES string of the molecule is COc1ccc(Cl)cc1NC(=O)/C=N\OCC(=O)Nc1ccccc1F. The second kappa shape index (κ2) is 9.38. The topological polar surface area (TPSA) is 89.0 Å². The Labute approximate surface area is 153 Å². The van der Waals surface area contributed by atoms with Crippen molar-refractivity contribution >= 4 is 41.0 Å². The summed E-state index contributed by atoms with van der Waals surface area (Å²) in [5, 5.41) is 8.62. The fraction of sp³-hybridized carbons (Fsp3) is 0.118. The van der Waals surface area contributed by atoms with Gasteiger partial charge in [0.2, 0.25) is 0 Å². The van der Waals surface area contributed by atoms with Crippen LogP contribution in [0.4, 0.5) is 15.8 Å². The summed E-state index contributed by atoms with van der Waals surface area (Å²) in [5.41, 5.74) is 0.379. The smallest absolute Gasteiger partial charge is 0.270 e. The van der Waals surface area contributed by atoms with Gasteiger partial charge in [-0.15, -0.1) is 0 Å². The maximum atomic E-state index is 13.4. The third-order valence-corrected chi connectivity index (χ3v) is 3.24. The molecule has 0 unspecified atom stereocenters. The quantitative estimate of drug-likeness (QED) is 0.571. The minimum absolute atomic E-state index is 0.0240. The summed E-state index contributed by atoms with van der Waals surface area (Å²) in [6.07, 6.45) is 0.844. The van der Waals surface area contributed by atoms with Gasteiger partial charge in [-0.2, -0.15) is 0 Å². The minimum atomic E-state index is -0.621. The van der Waals surface area contributed by atoms with E-state index in [0.29, 0.717) is 16.5 Å². The number of halogens is 2. The number of hydrogen-bond acceptors (Lipinski definition) is 5. The van der Waals surface area contributed by atoms with Gasteiger partial charge in [0, 0.05) is 5.02 Å². The van der Waals surface area contributed by atoms with Crippen molar-refractivity contribution in [3.05, 3.63) is 53.3 Å². The van der Waals surface area contributed by atoms with Gasteiger partial charge in [0.25, 0.3) is 11.8 Å². The Hall–Kier alpha value is -3.13. The number of methoxy groups -OCH3 is 1. The zero-order valence-electron chi connectivity index (χ0n) is 13.7. The Morgan fingerprint density at radius 1 is 1.19 bits per heavy atom. The number of para-hydroxylation sites is 1. The summed E-state index contributed by atoms with van der Waals surface area (Å²) in [6, 6.07) is 10.4. The Morgan fingerprint density at radius 3 is 2.69 bits per heavy atom. The number of amides is 2. The van der Waals surface area contributed by atoms with Gasteiger partial charge in [-0.1, -0.05) is 28.9 Å². The zero-order valence-corrected chi connectivity index (χ0v) is 14.4. The van der Waals surface area contributed by atoms with Crippen molar-refractivity contribution in [2.75, 3.05) is 24.4 Å². The lowest BCUT2D eigenvalue weighted by Crippen LogP contribution is -2.18. The molecule has 0 aliphatic rings. The Morgan fingerprint density at radius 2 is 1.96 bits per heavy atom. The second-order valence-corrected chi connectivity index (χ2v) is 5.31. The number of ether oxygens (including phenoxy) is 1. The number of hydrogen-bond donors (Lipinski definition) is 2. The van der Waals surface area contributed by atoms with Gasteiger partial charge < -0.3 is 20.2 Å². The van der Waals surface area contributed by atoms with Gasteiger partial charge in [0.1, 0.15) is 17.8 Å². The highest BCUT2D eigenvalue weighted by Gasteiger charge is 2.08. The molecule has 0 atom stereocenters. The van der Waals surface area contributed by atoms with Crippen LogP contribution in [0.1, 0.15) is 0 Å². The number of anilines is 2. The number of carbonyl (C=O) groups is 2. The second-order valence-electron chi connectivity index (χ2n) is 4.87. The van der Waals surface area contributed by atoms with Gasteiger partial charge >= 0.3 is 0 Å². The monoisotopic (exact) mass is 379 g/mol. The van der Waals surface area contributed by atoms with Crippen LogP contribution in [0.15, 0.2) is 47.6 Å². The van der Waals surface area contributed by atoms with Gasteiger partial charge in [-0.3, -0.25) is 9.59 Å². The molecule has 0 aliphatic carbocycles. The molecule has 2 aromatic rings. The molecule has 2 amide bonds. The molecule has 2 aromatic carbocycles. The minimum Gasteiger partial charge on any atom is -0.495 e. The average molecular weight is 380 g/mol. The van der Waals surface area contributed by atoms with E-state index in [1.54, 1.807) is 18.2 Å². The summed E-state index contributed by atoms with van der Waals surface area (Å²) in [7, 11) is 1.45. The van der Waals surface area contributed by atoms with Crippen LogP contribution in [-0.4, -0.2) is 31.7 Å². The first-order valence-corrected chi connectivity index (χ1v) is 7.71. The highest BCUT2D eigenvalue weighted by molar-refractivity contribution is 6.33. The molecule has 136 valence electrons. The first kappa shape index (κ1) is 19.2. The van der Waals surface area contributed by atoms with Gasteiger partial charge in [-0.05, 0) is 30.3 Å². The van der Waals surface area contributed by atoms with Crippen LogP contribution in [0.3, 0.4) is 0 Å². The lowest BCUT2D eigenvalue weighted by Gasteiger charge is -2.08. The molecule has 7 nitrogen and oxygen atoms in total. The standard InChI is InChI=1S/C17H15ClFN3O4/c1-25-15-7-6-11(18)8-14(15)22-16(23)9-20-26-10-17(24)21-13-5-3-2-4-12(13)19/h2-9H,10H2,1H3,(H,21,24)(H,22,23)/b20-9-. The molecule has 0 aliphatic heterocycles. The number of rotatable bonds is 7. The maximum absolute atomic E-state index is 13.4. The molecule has 0 aromatic heterocycles. The van der Waals surface area contributed by atoms with Crippen LogP contribution in [-0.2, 0) is 14.4 Å². The molecule has 0 saturated heterocycles. The molecule has 0 fully saturated rings. The van der Waals surface area contributed by atoms with Crippen molar-refractivity contribution in [3.63, 3.8) is 0 Å². The maximum Gasteiger partial charge on any atom is 0.270 e. The van der Waals surface area contributed by atoms with Crippen molar-refractivity contribution in [1.29, 1.82) is 0 Å². The largest absolute Gasteiger partial charge is 0.495 e. The predicted octanol–water partition coefficient (Wildman–Crippen LogP) is 3.07. The van der Waals surface area contributed by atoms with E-state index in [1.807, 2.05) is 0 Å². The molecule has 9 heteroatoms. The Bertz CT molecular complexity index is 829. The van der Waals surface area contributed by atoms with Crippen molar-refractivity contribution in [3.8, 4) is 5.75 Å². The van der Waals surface area contributed by atoms with Crippen LogP contribution in [0.5, 0.6) is 5.75 Å². The number of nitrogens with zero attached hydrogens (tertiary/aromatic N) is 1.